The van der Waals surface area contributed by atoms with Crippen molar-refractivity contribution >= 4 is 40.6 Å². The number of hydrogen-bond donors (Lipinski definition) is 3. The largest absolute Gasteiger partial charge is 0.507 e. The Morgan fingerprint density at radius 2 is 1.73 bits per heavy atom. The van der Waals surface area contributed by atoms with E-state index in [1.54, 1.807) is 44.4 Å². The Hall–Kier alpha value is -3.40. The molecule has 3 aliphatic carbocycles. The highest BCUT2D eigenvalue weighted by atomic mass is 35.5. The van der Waals surface area contributed by atoms with Gasteiger partial charge in [0, 0.05) is 16.5 Å². The summed E-state index contributed by atoms with van der Waals surface area (Å²) >= 11 is 6.42. The number of nitrogens with two attached hydrogens (primary N) is 1. The van der Waals surface area contributed by atoms with E-state index >= 15 is 0 Å². The van der Waals surface area contributed by atoms with Crippen molar-refractivity contribution in [2.45, 2.75) is 24.5 Å². The maximum atomic E-state index is 13.8. The van der Waals surface area contributed by atoms with Crippen LogP contribution in [0.2, 0.25) is 5.02 Å². The summed E-state index contributed by atoms with van der Waals surface area (Å²) in [5, 5.41) is 22.7. The average Bonchev–Trinajstić information content (AvgIpc) is 2.82. The molecular weight excluding hydrogens is 500 g/mol. The Kier molecular flexibility index (Phi) is 5.86. The molecule has 2 fully saturated rings. The van der Waals surface area contributed by atoms with Gasteiger partial charge in [-0.05, 0) is 56.1 Å². The third-order valence-electron chi connectivity index (χ3n) is 8.11. The van der Waals surface area contributed by atoms with Gasteiger partial charge in [-0.15, -0.1) is 0 Å². The van der Waals surface area contributed by atoms with Gasteiger partial charge >= 0.3 is 0 Å². The number of amides is 1. The molecule has 10 heteroatoms. The predicted octanol–water partition coefficient (Wildman–Crippen LogP) is 1.19. The quantitative estimate of drug-likeness (QED) is 0.506. The molecule has 9 nitrogen and oxygen atoms in total. The zero-order chi connectivity index (χ0) is 27.0. The lowest BCUT2D eigenvalue weighted by atomic mass is 9.52. The summed E-state index contributed by atoms with van der Waals surface area (Å²) in [4.78, 5) is 67.6. The number of phenols is 1. The minimum Gasteiger partial charge on any atom is -0.507 e. The average molecular weight is 525 g/mol. The van der Waals surface area contributed by atoms with Crippen molar-refractivity contribution in [2.75, 3.05) is 14.1 Å². The number of aliphatic hydroxyl groups is 1. The molecule has 2 unspecified atom stereocenters. The highest BCUT2D eigenvalue weighted by molar-refractivity contribution is 6.34. The number of hydrogen-bond acceptors (Lipinski definition) is 8. The van der Waals surface area contributed by atoms with Crippen LogP contribution in [0.3, 0.4) is 0 Å². The highest BCUT2D eigenvalue weighted by Gasteiger charge is 2.69. The maximum Gasteiger partial charge on any atom is 0.235 e. The SMILES string of the molecule is CN(C)[C@@H]1C(=O)C(C(N)=O)C(=O)[C@@]2(O)C(=O)C3C(=O)c4c(O)ccc(-c5ccccc5Cl)c4C[C@H]3C[C@@H]12. The number of fused-ring (bicyclic) bond motifs is 3. The van der Waals surface area contributed by atoms with Crippen LogP contribution in [-0.4, -0.2) is 69.9 Å². The first kappa shape index (κ1) is 25.3. The van der Waals surface area contributed by atoms with Crippen molar-refractivity contribution in [3.05, 3.63) is 52.5 Å². The van der Waals surface area contributed by atoms with Crippen LogP contribution >= 0.6 is 11.6 Å². The molecule has 0 spiro atoms. The van der Waals surface area contributed by atoms with Crippen LogP contribution in [0, 0.1) is 23.7 Å². The molecule has 0 radical (unpaired) electrons. The van der Waals surface area contributed by atoms with E-state index in [2.05, 4.69) is 0 Å². The van der Waals surface area contributed by atoms with Crippen LogP contribution in [0.25, 0.3) is 11.1 Å². The zero-order valence-corrected chi connectivity index (χ0v) is 20.9. The molecule has 37 heavy (non-hydrogen) atoms. The van der Waals surface area contributed by atoms with Gasteiger partial charge in [0.15, 0.2) is 34.7 Å². The van der Waals surface area contributed by atoms with Crippen LogP contribution in [0.4, 0.5) is 0 Å². The van der Waals surface area contributed by atoms with E-state index in [-0.39, 0.29) is 24.2 Å². The fourth-order valence-corrected chi connectivity index (χ4v) is 6.77. The van der Waals surface area contributed by atoms with E-state index < -0.39 is 64.4 Å². The molecular formula is C27H25ClN2O7. The Bertz CT molecular complexity index is 1400. The van der Waals surface area contributed by atoms with Crippen molar-refractivity contribution in [1.82, 2.24) is 4.90 Å². The van der Waals surface area contributed by atoms with E-state index in [9.17, 15) is 34.2 Å². The van der Waals surface area contributed by atoms with Crippen molar-refractivity contribution in [2.24, 2.45) is 29.4 Å². The van der Waals surface area contributed by atoms with Crippen LogP contribution in [0.1, 0.15) is 22.3 Å². The number of carbonyl (C=O) groups is 5. The number of phenolic OH excluding ortho intramolecular Hbond substituents is 1. The topological polar surface area (TPSA) is 155 Å². The number of nitrogens with zero attached hydrogens (tertiary/aromatic N) is 1. The lowest BCUT2D eigenvalue weighted by molar-refractivity contribution is -0.181. The van der Waals surface area contributed by atoms with E-state index in [0.717, 1.165) is 0 Å². The lowest BCUT2D eigenvalue weighted by Crippen LogP contribution is -2.74. The van der Waals surface area contributed by atoms with Gasteiger partial charge in [-0.3, -0.25) is 28.9 Å². The number of Topliss-reactive ketones (excluding diaryl/α,β-unsaturated/α-hetero) is 4. The van der Waals surface area contributed by atoms with Crippen LogP contribution in [0.5, 0.6) is 5.75 Å². The smallest absolute Gasteiger partial charge is 0.235 e. The van der Waals surface area contributed by atoms with Crippen LogP contribution < -0.4 is 5.73 Å². The highest BCUT2D eigenvalue weighted by Crippen LogP contribution is 2.52. The minimum atomic E-state index is -2.74. The fourth-order valence-electron chi connectivity index (χ4n) is 6.54. The molecule has 0 saturated heterocycles. The Labute approximate surface area is 217 Å². The summed E-state index contributed by atoms with van der Waals surface area (Å²) in [6, 6.07) is 8.87. The summed E-state index contributed by atoms with van der Waals surface area (Å²) in [7, 11) is 3.09. The Balaban J connectivity index is 1.67. The molecule has 3 aliphatic rings. The molecule has 2 aromatic carbocycles. The second-order valence-corrected chi connectivity index (χ2v) is 10.7. The monoisotopic (exact) mass is 524 g/mol. The molecule has 4 N–H and O–H groups in total. The molecule has 5 rings (SSSR count). The number of ketones is 4. The van der Waals surface area contributed by atoms with E-state index in [0.29, 0.717) is 21.7 Å². The summed E-state index contributed by atoms with van der Waals surface area (Å²) in [6.45, 7) is 0. The van der Waals surface area contributed by atoms with Gasteiger partial charge in [-0.2, -0.15) is 0 Å². The van der Waals surface area contributed by atoms with Crippen molar-refractivity contribution in [3.63, 3.8) is 0 Å². The molecule has 2 saturated carbocycles. The first-order chi connectivity index (χ1) is 17.4. The standard InChI is InChI=1S/C27H25ClN2O7/c1-30(2)21-15-10-11-9-14-12(13-5-3-4-6-16(13)28)7-8-17(31)19(14)22(32)18(11)24(34)27(15,37)25(35)20(23(21)33)26(29)36/h3-8,11,15,18,20-21,31,37H,9-10H2,1-2H3,(H2,29,36)/t11-,15-,18?,20?,21-,27-/m0/s1. The fraction of sp³-hybridized carbons (Fsp3) is 0.370. The van der Waals surface area contributed by atoms with Gasteiger partial charge in [-0.25, -0.2) is 0 Å². The number of aromatic hydroxyl groups is 1. The number of benzene rings is 2. The van der Waals surface area contributed by atoms with Crippen molar-refractivity contribution < 1.29 is 34.2 Å². The Morgan fingerprint density at radius 3 is 2.35 bits per heavy atom. The van der Waals surface area contributed by atoms with Gasteiger partial charge in [0.05, 0.1) is 17.5 Å². The van der Waals surface area contributed by atoms with Crippen molar-refractivity contribution in [3.8, 4) is 16.9 Å². The second kappa shape index (κ2) is 8.58. The Morgan fingerprint density at radius 1 is 1.05 bits per heavy atom. The van der Waals surface area contributed by atoms with Crippen LogP contribution in [0.15, 0.2) is 36.4 Å². The number of rotatable bonds is 3. The molecule has 0 aliphatic heterocycles. The first-order valence-electron chi connectivity index (χ1n) is 11.9. The number of primary amides is 1. The summed E-state index contributed by atoms with van der Waals surface area (Å²) in [5.41, 5.74) is 4.28. The zero-order valence-electron chi connectivity index (χ0n) is 20.1. The lowest BCUT2D eigenvalue weighted by Gasteiger charge is -2.52. The van der Waals surface area contributed by atoms with Gasteiger partial charge < -0.3 is 15.9 Å². The summed E-state index contributed by atoms with van der Waals surface area (Å²) in [6.07, 6.45) is 0.155. The van der Waals surface area contributed by atoms with Gasteiger partial charge in [0.2, 0.25) is 5.91 Å². The molecule has 0 bridgehead atoms. The molecule has 1 amide bonds. The predicted molar refractivity (Wildman–Crippen MR) is 132 cm³/mol. The second-order valence-electron chi connectivity index (χ2n) is 10.3. The minimum absolute atomic E-state index is 0.0124. The van der Waals surface area contributed by atoms with E-state index in [4.69, 9.17) is 17.3 Å². The number of carbonyl (C=O) groups excluding carboxylic acids is 5. The molecule has 0 aromatic heterocycles. The molecule has 0 heterocycles. The number of likely N-dealkylation sites (N-methyl/N-ethyl adjacent to an activating group) is 1. The molecule has 2 aromatic rings. The van der Waals surface area contributed by atoms with Gasteiger partial charge in [-0.1, -0.05) is 35.9 Å². The number of halogens is 1. The van der Waals surface area contributed by atoms with Crippen LogP contribution in [-0.2, 0) is 25.6 Å². The first-order valence-corrected chi connectivity index (χ1v) is 12.2. The molecule has 6 atom stereocenters. The van der Waals surface area contributed by atoms with Crippen molar-refractivity contribution in [1.29, 1.82) is 0 Å². The van der Waals surface area contributed by atoms with E-state index in [1.807, 2.05) is 0 Å². The molecule has 192 valence electrons. The maximum absolute atomic E-state index is 13.8. The summed E-state index contributed by atoms with van der Waals surface area (Å²) in [5.74, 6) is -10.7. The summed E-state index contributed by atoms with van der Waals surface area (Å²) < 4.78 is 0. The van der Waals surface area contributed by atoms with E-state index in [1.165, 1.54) is 11.0 Å². The van der Waals surface area contributed by atoms with Gasteiger partial charge in [0.25, 0.3) is 0 Å². The third kappa shape index (κ3) is 3.41. The normalized spacial score (nSPS) is 31.1. The van der Waals surface area contributed by atoms with Gasteiger partial charge in [0.1, 0.15) is 5.75 Å². The third-order valence-corrected chi connectivity index (χ3v) is 8.44.